The van der Waals surface area contributed by atoms with E-state index in [2.05, 4.69) is 79.9 Å². The van der Waals surface area contributed by atoms with Crippen molar-refractivity contribution in [1.82, 2.24) is 5.32 Å². The normalized spacial score (nSPS) is 18.9. The number of carbonyl (C=O) groups excluding carboxylic acids is 2. The first-order chi connectivity index (χ1) is 38.7. The fourth-order valence-corrected chi connectivity index (χ4v) is 9.79. The largest absolute Gasteiger partial charge is 0.466 e. The summed E-state index contributed by atoms with van der Waals surface area (Å²) >= 11 is 0. The third kappa shape index (κ3) is 46.3. The molecular formula is C68H121NO10. The molecule has 0 spiro atoms. The van der Waals surface area contributed by atoms with Crippen LogP contribution in [0.15, 0.2) is 72.9 Å². The van der Waals surface area contributed by atoms with E-state index in [9.17, 15) is 35.1 Å². The maximum atomic E-state index is 13.1. The van der Waals surface area contributed by atoms with Crippen molar-refractivity contribution in [2.75, 3.05) is 19.8 Å². The third-order valence-electron chi connectivity index (χ3n) is 15.0. The second-order valence-corrected chi connectivity index (χ2v) is 22.4. The fourth-order valence-electron chi connectivity index (χ4n) is 9.79. The van der Waals surface area contributed by atoms with Crippen LogP contribution in [-0.2, 0) is 23.8 Å². The number of aliphatic hydroxyl groups is 5. The number of carbonyl (C=O) groups is 2. The standard InChI is InChI=1S/C68H121NO10/c1-3-5-7-9-11-13-15-17-30-34-38-42-46-50-54-61(71)60(59-78-68-67(76)66(75)65(74)62(58-70)79-68)69-63(72)55-51-47-43-39-35-31-28-26-24-22-20-19-21-23-25-27-29-33-37-41-45-49-53-57-77-64(73)56-52-48-44-40-36-32-18-16-14-12-10-8-6-4-2/h10,12,16,18-19,21-22,24,34,38,50,54,60-62,65-68,70-71,74-76H,3-9,11,13-15,17,20,23,25-33,35-37,39-49,51-53,55-59H2,1-2H3,(H,69,72)/b12-10-,18-16-,21-19-,24-22-,38-34+,54-50+. The molecule has 11 heteroatoms. The summed E-state index contributed by atoms with van der Waals surface area (Å²) in [5, 5.41) is 54.4. The lowest BCUT2D eigenvalue weighted by molar-refractivity contribution is -0.302. The molecule has 1 aliphatic rings. The molecule has 0 aromatic carbocycles. The highest BCUT2D eigenvalue weighted by Gasteiger charge is 2.44. The van der Waals surface area contributed by atoms with E-state index in [0.717, 1.165) is 103 Å². The molecule has 0 aliphatic carbocycles. The number of amides is 1. The lowest BCUT2D eigenvalue weighted by Crippen LogP contribution is -2.60. The maximum Gasteiger partial charge on any atom is 0.305 e. The molecular weight excluding hydrogens is 991 g/mol. The first-order valence-corrected chi connectivity index (χ1v) is 32.7. The van der Waals surface area contributed by atoms with Crippen LogP contribution in [0.2, 0.25) is 0 Å². The van der Waals surface area contributed by atoms with Gasteiger partial charge in [-0.3, -0.25) is 9.59 Å². The smallest absolute Gasteiger partial charge is 0.305 e. The second-order valence-electron chi connectivity index (χ2n) is 22.4. The molecule has 6 N–H and O–H groups in total. The van der Waals surface area contributed by atoms with Crippen LogP contribution in [0, 0.1) is 0 Å². The van der Waals surface area contributed by atoms with E-state index in [1.54, 1.807) is 6.08 Å². The quantitative estimate of drug-likeness (QED) is 0.0195. The van der Waals surface area contributed by atoms with Crippen molar-refractivity contribution in [3.63, 3.8) is 0 Å². The number of nitrogens with one attached hydrogen (secondary N) is 1. The summed E-state index contributed by atoms with van der Waals surface area (Å²) in [6, 6.07) is -0.837. The summed E-state index contributed by atoms with van der Waals surface area (Å²) in [6.07, 6.45) is 65.7. The zero-order valence-corrected chi connectivity index (χ0v) is 50.6. The highest BCUT2D eigenvalue weighted by atomic mass is 16.7. The van der Waals surface area contributed by atoms with Crippen LogP contribution in [0.25, 0.3) is 0 Å². The Morgan fingerprint density at radius 3 is 1.37 bits per heavy atom. The number of allylic oxidation sites excluding steroid dienone is 11. The number of hydrogen-bond acceptors (Lipinski definition) is 10. The Morgan fingerprint density at radius 2 is 0.873 bits per heavy atom. The molecule has 0 saturated carbocycles. The molecule has 79 heavy (non-hydrogen) atoms. The van der Waals surface area contributed by atoms with Crippen LogP contribution in [0.4, 0.5) is 0 Å². The average molecular weight is 1110 g/mol. The molecule has 11 nitrogen and oxygen atoms in total. The van der Waals surface area contributed by atoms with Crippen molar-refractivity contribution in [3.8, 4) is 0 Å². The van der Waals surface area contributed by atoms with Crippen LogP contribution in [0.5, 0.6) is 0 Å². The van der Waals surface area contributed by atoms with Crippen molar-refractivity contribution >= 4 is 11.9 Å². The minimum atomic E-state index is -1.58. The molecule has 1 fully saturated rings. The average Bonchev–Trinajstić information content (AvgIpc) is 3.48. The lowest BCUT2D eigenvalue weighted by atomic mass is 9.99. The monoisotopic (exact) mass is 1110 g/mol. The van der Waals surface area contributed by atoms with Gasteiger partial charge in [0.25, 0.3) is 0 Å². The number of esters is 1. The van der Waals surface area contributed by atoms with Crippen molar-refractivity contribution in [2.45, 2.75) is 326 Å². The zero-order valence-electron chi connectivity index (χ0n) is 50.6. The van der Waals surface area contributed by atoms with Crippen LogP contribution >= 0.6 is 0 Å². The predicted molar refractivity (Wildman–Crippen MR) is 329 cm³/mol. The van der Waals surface area contributed by atoms with E-state index in [1.807, 2.05) is 6.08 Å². The molecule has 1 heterocycles. The summed E-state index contributed by atoms with van der Waals surface area (Å²) < 4.78 is 16.7. The molecule has 7 atom stereocenters. The Balaban J connectivity index is 2.08. The minimum absolute atomic E-state index is 0.0205. The molecule has 7 unspecified atom stereocenters. The summed E-state index contributed by atoms with van der Waals surface area (Å²) in [4.78, 5) is 25.1. The van der Waals surface area contributed by atoms with Crippen LogP contribution in [0.1, 0.15) is 284 Å². The van der Waals surface area contributed by atoms with Crippen LogP contribution in [-0.4, -0.2) is 100 Å². The summed E-state index contributed by atoms with van der Waals surface area (Å²) in [5.74, 6) is -0.224. The maximum absolute atomic E-state index is 13.1. The van der Waals surface area contributed by atoms with Gasteiger partial charge < -0.3 is 45.1 Å². The van der Waals surface area contributed by atoms with Crippen molar-refractivity contribution in [3.05, 3.63) is 72.9 Å². The molecule has 458 valence electrons. The van der Waals surface area contributed by atoms with Gasteiger partial charge in [0.2, 0.25) is 5.91 Å². The number of ether oxygens (including phenoxy) is 3. The van der Waals surface area contributed by atoms with E-state index in [4.69, 9.17) is 14.2 Å². The Kier molecular flexibility index (Phi) is 53.4. The van der Waals surface area contributed by atoms with Gasteiger partial charge in [-0.2, -0.15) is 0 Å². The number of aliphatic hydroxyl groups excluding tert-OH is 5. The van der Waals surface area contributed by atoms with Gasteiger partial charge in [-0.05, 0) is 103 Å². The first-order valence-electron chi connectivity index (χ1n) is 32.7. The number of unbranched alkanes of at least 4 members (excludes halogenated alkanes) is 32. The molecule has 0 radical (unpaired) electrons. The van der Waals surface area contributed by atoms with E-state index < -0.39 is 49.5 Å². The van der Waals surface area contributed by atoms with Crippen LogP contribution < -0.4 is 5.32 Å². The Labute approximate surface area is 483 Å². The van der Waals surface area contributed by atoms with Gasteiger partial charge >= 0.3 is 5.97 Å². The van der Waals surface area contributed by atoms with Crippen molar-refractivity contribution in [2.24, 2.45) is 0 Å². The van der Waals surface area contributed by atoms with Gasteiger partial charge in [0.15, 0.2) is 6.29 Å². The number of rotatable bonds is 56. The van der Waals surface area contributed by atoms with Crippen molar-refractivity contribution < 1.29 is 49.3 Å². The number of hydrogen-bond donors (Lipinski definition) is 6. The van der Waals surface area contributed by atoms with Gasteiger partial charge in [0.05, 0.1) is 32.0 Å². The van der Waals surface area contributed by atoms with E-state index in [1.165, 1.54) is 154 Å². The van der Waals surface area contributed by atoms with Gasteiger partial charge in [-0.15, -0.1) is 0 Å². The van der Waals surface area contributed by atoms with Gasteiger partial charge in [-0.25, -0.2) is 0 Å². The molecule has 1 aliphatic heterocycles. The molecule has 0 aromatic heterocycles. The lowest BCUT2D eigenvalue weighted by Gasteiger charge is -2.40. The Bertz CT molecular complexity index is 1540. The molecule has 1 amide bonds. The SMILES string of the molecule is CCCC/C=C\C/C=C\CCCCCCCC(=O)OCCCCCCCCCCC/C=C\C/C=C\CCCCCCCCCC(=O)NC(COC1OC(CO)C(O)C(O)C1O)C(O)/C=C/CC/C=C/CCCCCCCCCC. The van der Waals surface area contributed by atoms with E-state index >= 15 is 0 Å². The first kappa shape index (κ1) is 74.1. The highest BCUT2D eigenvalue weighted by Crippen LogP contribution is 2.23. The molecule has 1 rings (SSSR count). The summed E-state index contributed by atoms with van der Waals surface area (Å²) in [7, 11) is 0. The van der Waals surface area contributed by atoms with Gasteiger partial charge in [-0.1, -0.05) is 241 Å². The molecule has 1 saturated heterocycles. The van der Waals surface area contributed by atoms with E-state index in [-0.39, 0.29) is 18.5 Å². The highest BCUT2D eigenvalue weighted by molar-refractivity contribution is 5.76. The third-order valence-corrected chi connectivity index (χ3v) is 15.0. The Morgan fingerprint density at radius 1 is 0.468 bits per heavy atom. The Hall–Kier alpha value is -2.90. The topological polar surface area (TPSA) is 175 Å². The summed E-state index contributed by atoms with van der Waals surface area (Å²) in [5.41, 5.74) is 0. The molecule has 0 bridgehead atoms. The van der Waals surface area contributed by atoms with E-state index in [0.29, 0.717) is 19.4 Å². The second kappa shape index (κ2) is 56.9. The van der Waals surface area contributed by atoms with Gasteiger partial charge in [0, 0.05) is 12.8 Å². The zero-order chi connectivity index (χ0) is 57.3. The van der Waals surface area contributed by atoms with Gasteiger partial charge in [0.1, 0.15) is 24.4 Å². The fraction of sp³-hybridized carbons (Fsp3) is 0.794. The van der Waals surface area contributed by atoms with Crippen LogP contribution in [0.3, 0.4) is 0 Å². The predicted octanol–water partition coefficient (Wildman–Crippen LogP) is 16.0. The van der Waals surface area contributed by atoms with Crippen molar-refractivity contribution in [1.29, 1.82) is 0 Å². The molecule has 0 aromatic rings. The minimum Gasteiger partial charge on any atom is -0.466 e. The summed E-state index contributed by atoms with van der Waals surface area (Å²) in [6.45, 7) is 4.27.